The first-order valence-corrected chi connectivity index (χ1v) is 6.37. The molecule has 0 aromatic heterocycles. The van der Waals surface area contributed by atoms with Gasteiger partial charge in [0.05, 0.1) is 0 Å². The molecule has 4 unspecified atom stereocenters. The molecular weight excluding hydrogens is 192 g/mol. The third kappa shape index (κ3) is 1.05. The summed E-state index contributed by atoms with van der Waals surface area (Å²) in [6.07, 6.45) is 10.2. The van der Waals surface area contributed by atoms with Crippen molar-refractivity contribution in [2.45, 2.75) is 12.8 Å². The van der Waals surface area contributed by atoms with Gasteiger partial charge in [-0.1, -0.05) is 48.6 Å². The lowest BCUT2D eigenvalue weighted by molar-refractivity contribution is 0.405. The van der Waals surface area contributed by atoms with Crippen molar-refractivity contribution in [2.24, 2.45) is 23.7 Å². The van der Waals surface area contributed by atoms with Gasteiger partial charge in [0.15, 0.2) is 0 Å². The van der Waals surface area contributed by atoms with E-state index in [0.717, 1.165) is 23.7 Å². The maximum atomic E-state index is 2.50. The van der Waals surface area contributed by atoms with Gasteiger partial charge >= 0.3 is 0 Å². The lowest BCUT2D eigenvalue weighted by Crippen LogP contribution is -2.15. The topological polar surface area (TPSA) is 0 Å². The number of hydrogen-bond donors (Lipinski definition) is 0. The van der Waals surface area contributed by atoms with E-state index in [1.165, 1.54) is 18.4 Å². The highest BCUT2D eigenvalue weighted by molar-refractivity contribution is 5.71. The van der Waals surface area contributed by atoms with Crippen LogP contribution in [0.25, 0.3) is 5.57 Å². The molecule has 0 nitrogen and oxygen atoms in total. The van der Waals surface area contributed by atoms with Crippen molar-refractivity contribution < 1.29 is 0 Å². The molecule has 1 aromatic rings. The molecule has 0 saturated heterocycles. The van der Waals surface area contributed by atoms with E-state index in [2.05, 4.69) is 48.6 Å². The van der Waals surface area contributed by atoms with Crippen LogP contribution in [0.4, 0.5) is 0 Å². The fourth-order valence-electron chi connectivity index (χ4n) is 4.05. The highest BCUT2D eigenvalue weighted by Gasteiger charge is 2.47. The van der Waals surface area contributed by atoms with Gasteiger partial charge in [0.1, 0.15) is 0 Å². The SMILES string of the molecule is C1=CC2CC1C1CC=C(c3ccccc3)C21. The van der Waals surface area contributed by atoms with E-state index in [-0.39, 0.29) is 0 Å². The van der Waals surface area contributed by atoms with Gasteiger partial charge in [-0.15, -0.1) is 0 Å². The zero-order valence-corrected chi connectivity index (χ0v) is 9.34. The Kier molecular flexibility index (Phi) is 1.71. The van der Waals surface area contributed by atoms with Gasteiger partial charge in [-0.2, -0.15) is 0 Å². The second-order valence-corrected chi connectivity index (χ2v) is 5.40. The Morgan fingerprint density at radius 2 is 1.75 bits per heavy atom. The van der Waals surface area contributed by atoms with Crippen LogP contribution >= 0.6 is 0 Å². The summed E-state index contributed by atoms with van der Waals surface area (Å²) in [4.78, 5) is 0. The first kappa shape index (κ1) is 8.81. The molecule has 0 radical (unpaired) electrons. The van der Waals surface area contributed by atoms with Crippen molar-refractivity contribution >= 4 is 5.57 Å². The summed E-state index contributed by atoms with van der Waals surface area (Å²) in [5, 5.41) is 0. The van der Waals surface area contributed by atoms with Crippen molar-refractivity contribution in [1.29, 1.82) is 0 Å². The Balaban J connectivity index is 1.75. The number of rotatable bonds is 1. The molecule has 0 amide bonds. The predicted molar refractivity (Wildman–Crippen MR) is 66.8 cm³/mol. The maximum absolute atomic E-state index is 2.50. The average molecular weight is 208 g/mol. The van der Waals surface area contributed by atoms with Crippen molar-refractivity contribution in [3.63, 3.8) is 0 Å². The molecule has 2 bridgehead atoms. The van der Waals surface area contributed by atoms with Crippen LogP contribution in [0.1, 0.15) is 18.4 Å². The molecule has 0 spiro atoms. The van der Waals surface area contributed by atoms with E-state index in [4.69, 9.17) is 0 Å². The second-order valence-electron chi connectivity index (χ2n) is 5.40. The van der Waals surface area contributed by atoms with E-state index < -0.39 is 0 Å². The van der Waals surface area contributed by atoms with E-state index in [1.807, 2.05) is 0 Å². The Labute approximate surface area is 96.7 Å². The standard InChI is InChI=1S/C16H16/c1-2-4-11(5-3-1)14-8-9-15-12-6-7-13(10-12)16(14)15/h1-8,12-13,15-16H,9-10H2. The zero-order valence-electron chi connectivity index (χ0n) is 9.34. The molecule has 0 heterocycles. The Hall–Kier alpha value is -1.30. The number of benzene rings is 1. The molecule has 1 aromatic carbocycles. The second kappa shape index (κ2) is 3.10. The molecule has 0 N–H and O–H groups in total. The Morgan fingerprint density at radius 1 is 0.938 bits per heavy atom. The Bertz CT molecular complexity index is 466. The minimum atomic E-state index is 0.831. The zero-order chi connectivity index (χ0) is 10.5. The third-order valence-electron chi connectivity index (χ3n) is 4.70. The van der Waals surface area contributed by atoms with Crippen LogP contribution < -0.4 is 0 Å². The molecule has 16 heavy (non-hydrogen) atoms. The first-order chi connectivity index (χ1) is 7.93. The van der Waals surface area contributed by atoms with Gasteiger partial charge < -0.3 is 0 Å². The number of allylic oxidation sites excluding steroid dienone is 4. The van der Waals surface area contributed by atoms with Crippen molar-refractivity contribution in [3.8, 4) is 0 Å². The van der Waals surface area contributed by atoms with Crippen LogP contribution in [-0.2, 0) is 0 Å². The van der Waals surface area contributed by atoms with E-state index in [9.17, 15) is 0 Å². The Morgan fingerprint density at radius 3 is 2.62 bits per heavy atom. The maximum Gasteiger partial charge on any atom is -0.00591 e. The molecule has 0 aliphatic heterocycles. The van der Waals surface area contributed by atoms with Gasteiger partial charge in [-0.3, -0.25) is 0 Å². The highest BCUT2D eigenvalue weighted by atomic mass is 14.5. The molecular formula is C16H16. The minimum Gasteiger partial charge on any atom is -0.0848 e. The van der Waals surface area contributed by atoms with E-state index in [1.54, 1.807) is 5.57 Å². The average Bonchev–Trinajstić information content (AvgIpc) is 3.03. The molecule has 4 atom stereocenters. The van der Waals surface area contributed by atoms with Crippen LogP contribution in [0.3, 0.4) is 0 Å². The van der Waals surface area contributed by atoms with Gasteiger partial charge in [-0.05, 0) is 47.6 Å². The van der Waals surface area contributed by atoms with Gasteiger partial charge in [-0.25, -0.2) is 0 Å². The lowest BCUT2D eigenvalue weighted by atomic mass is 9.80. The summed E-state index contributed by atoms with van der Waals surface area (Å²) in [6, 6.07) is 11.0. The third-order valence-corrected chi connectivity index (χ3v) is 4.70. The van der Waals surface area contributed by atoms with E-state index >= 15 is 0 Å². The normalized spacial score (nSPS) is 38.9. The molecule has 3 aliphatic carbocycles. The molecule has 1 fully saturated rings. The van der Waals surface area contributed by atoms with Gasteiger partial charge in [0.25, 0.3) is 0 Å². The van der Waals surface area contributed by atoms with Crippen molar-refractivity contribution in [2.75, 3.05) is 0 Å². The smallest absolute Gasteiger partial charge is 0.00591 e. The number of fused-ring (bicyclic) bond motifs is 5. The fraction of sp³-hybridized carbons (Fsp3) is 0.375. The highest BCUT2D eigenvalue weighted by Crippen LogP contribution is 2.57. The largest absolute Gasteiger partial charge is 0.0848 e. The van der Waals surface area contributed by atoms with Crippen LogP contribution in [0, 0.1) is 23.7 Å². The molecule has 80 valence electrons. The summed E-state index contributed by atoms with van der Waals surface area (Å²) in [5.74, 6) is 3.47. The minimum absolute atomic E-state index is 0.831. The quantitative estimate of drug-likeness (QED) is 0.614. The fourth-order valence-corrected chi connectivity index (χ4v) is 4.05. The summed E-state index contributed by atoms with van der Waals surface area (Å²) in [5.41, 5.74) is 3.08. The molecule has 0 heteroatoms. The van der Waals surface area contributed by atoms with Gasteiger partial charge in [0.2, 0.25) is 0 Å². The molecule has 1 saturated carbocycles. The number of hydrogen-bond acceptors (Lipinski definition) is 0. The van der Waals surface area contributed by atoms with Crippen LogP contribution in [0.15, 0.2) is 48.6 Å². The van der Waals surface area contributed by atoms with Crippen molar-refractivity contribution in [3.05, 3.63) is 54.1 Å². The van der Waals surface area contributed by atoms with Gasteiger partial charge in [0, 0.05) is 0 Å². The lowest BCUT2D eigenvalue weighted by Gasteiger charge is -2.23. The summed E-state index contributed by atoms with van der Waals surface area (Å²) >= 11 is 0. The first-order valence-electron chi connectivity index (χ1n) is 6.37. The van der Waals surface area contributed by atoms with Crippen LogP contribution in [0.2, 0.25) is 0 Å². The van der Waals surface area contributed by atoms with Crippen LogP contribution in [0.5, 0.6) is 0 Å². The van der Waals surface area contributed by atoms with Crippen LogP contribution in [-0.4, -0.2) is 0 Å². The summed E-state index contributed by atoms with van der Waals surface area (Å²) in [6.45, 7) is 0. The monoisotopic (exact) mass is 208 g/mol. The predicted octanol–water partition coefficient (Wildman–Crippen LogP) is 3.91. The molecule has 4 rings (SSSR count). The summed E-state index contributed by atoms with van der Waals surface area (Å²) < 4.78 is 0. The van der Waals surface area contributed by atoms with Crippen molar-refractivity contribution in [1.82, 2.24) is 0 Å². The summed E-state index contributed by atoms with van der Waals surface area (Å²) in [7, 11) is 0. The van der Waals surface area contributed by atoms with E-state index in [0.29, 0.717) is 0 Å². The molecule has 3 aliphatic rings.